The van der Waals surface area contributed by atoms with Crippen LogP contribution in [-0.4, -0.2) is 34.2 Å². The van der Waals surface area contributed by atoms with E-state index in [1.165, 1.54) is 30.0 Å². The Labute approximate surface area is 173 Å². The van der Waals surface area contributed by atoms with Crippen LogP contribution in [0.15, 0.2) is 59.5 Å². The van der Waals surface area contributed by atoms with E-state index >= 15 is 0 Å². The zero-order chi connectivity index (χ0) is 22.2. The number of hydrogen-bond donors (Lipinski definition) is 2. The Morgan fingerprint density at radius 3 is 2.74 bits per heavy atom. The highest BCUT2D eigenvalue weighted by atomic mass is 19.4. The van der Waals surface area contributed by atoms with Gasteiger partial charge in [0, 0.05) is 7.11 Å². The average molecular weight is 430 g/mol. The molecule has 31 heavy (non-hydrogen) atoms. The number of ether oxygens (including phenoxy) is 1. The second-order valence-corrected chi connectivity index (χ2v) is 6.89. The van der Waals surface area contributed by atoms with Crippen molar-refractivity contribution in [2.75, 3.05) is 13.7 Å². The van der Waals surface area contributed by atoms with Gasteiger partial charge in [-0.1, -0.05) is 24.3 Å². The average Bonchev–Trinajstić information content (AvgIpc) is 3.17. The number of benzene rings is 2. The van der Waals surface area contributed by atoms with Crippen LogP contribution < -0.4 is 10.9 Å². The van der Waals surface area contributed by atoms with Gasteiger partial charge in [-0.05, 0) is 29.8 Å². The maximum absolute atomic E-state index is 13.1. The highest BCUT2D eigenvalue weighted by Crippen LogP contribution is 2.31. The molecule has 0 saturated carbocycles. The molecule has 0 radical (unpaired) electrons. The molecular formula is C21H17F3N4O3. The molecule has 0 fully saturated rings. The third kappa shape index (κ3) is 3.89. The molecule has 2 aromatic heterocycles. The highest BCUT2D eigenvalue weighted by Gasteiger charge is 2.31. The van der Waals surface area contributed by atoms with Crippen LogP contribution in [0, 0.1) is 0 Å². The number of para-hydroxylation sites is 1. The molecule has 1 amide bonds. The van der Waals surface area contributed by atoms with Gasteiger partial charge in [-0.2, -0.15) is 18.3 Å². The molecule has 0 aliphatic rings. The number of aromatic amines is 1. The van der Waals surface area contributed by atoms with Crippen molar-refractivity contribution < 1.29 is 22.7 Å². The van der Waals surface area contributed by atoms with Gasteiger partial charge in [-0.25, -0.2) is 4.52 Å². The van der Waals surface area contributed by atoms with Crippen LogP contribution in [0.1, 0.15) is 27.5 Å². The third-order valence-electron chi connectivity index (χ3n) is 4.88. The van der Waals surface area contributed by atoms with E-state index in [1.807, 2.05) is 0 Å². The molecule has 4 rings (SSSR count). The quantitative estimate of drug-likeness (QED) is 0.509. The van der Waals surface area contributed by atoms with Crippen molar-refractivity contribution in [2.24, 2.45) is 0 Å². The standard InChI is InChI=1S/C21H17F3N4O3/c1-31-11-16(12-5-4-6-13(9-12)21(22,23)24)26-20(30)15-10-25-28-17-8-3-2-7-14(17)19(29)27-18(15)28/h2-10,16H,11H2,1H3,(H,26,30)(H,27,29). The molecule has 2 heterocycles. The third-order valence-corrected chi connectivity index (χ3v) is 4.88. The first-order valence-electron chi connectivity index (χ1n) is 9.25. The Balaban J connectivity index is 1.71. The van der Waals surface area contributed by atoms with Gasteiger partial charge in [0.15, 0.2) is 0 Å². The number of alkyl halides is 3. The summed E-state index contributed by atoms with van der Waals surface area (Å²) in [6.07, 6.45) is -3.22. The van der Waals surface area contributed by atoms with Crippen LogP contribution in [0.3, 0.4) is 0 Å². The fraction of sp³-hybridized carbons (Fsp3) is 0.190. The van der Waals surface area contributed by atoms with E-state index in [1.54, 1.807) is 24.3 Å². The molecule has 1 atom stereocenters. The largest absolute Gasteiger partial charge is 0.416 e. The summed E-state index contributed by atoms with van der Waals surface area (Å²) in [5.41, 5.74) is -0.194. The number of carbonyl (C=O) groups excluding carboxylic acids is 1. The van der Waals surface area contributed by atoms with Crippen molar-refractivity contribution in [3.63, 3.8) is 0 Å². The smallest absolute Gasteiger partial charge is 0.382 e. The van der Waals surface area contributed by atoms with Crippen molar-refractivity contribution in [2.45, 2.75) is 12.2 Å². The molecule has 7 nitrogen and oxygen atoms in total. The monoisotopic (exact) mass is 430 g/mol. The molecule has 1 unspecified atom stereocenters. The first-order chi connectivity index (χ1) is 14.8. The van der Waals surface area contributed by atoms with Crippen molar-refractivity contribution in [1.29, 1.82) is 0 Å². The van der Waals surface area contributed by atoms with Crippen LogP contribution in [0.5, 0.6) is 0 Å². The number of hydrogen-bond acceptors (Lipinski definition) is 4. The van der Waals surface area contributed by atoms with E-state index in [-0.39, 0.29) is 28.9 Å². The minimum Gasteiger partial charge on any atom is -0.382 e. The van der Waals surface area contributed by atoms with E-state index in [4.69, 9.17) is 4.74 Å². The molecule has 4 aromatic rings. The van der Waals surface area contributed by atoms with Gasteiger partial charge < -0.3 is 15.0 Å². The van der Waals surface area contributed by atoms with Crippen molar-refractivity contribution in [3.8, 4) is 0 Å². The summed E-state index contributed by atoms with van der Waals surface area (Å²) < 4.78 is 45.8. The number of carbonyl (C=O) groups is 1. The van der Waals surface area contributed by atoms with Crippen molar-refractivity contribution in [1.82, 2.24) is 19.9 Å². The second-order valence-electron chi connectivity index (χ2n) is 6.89. The number of amides is 1. The van der Waals surface area contributed by atoms with E-state index in [9.17, 15) is 22.8 Å². The second kappa shape index (κ2) is 7.88. The molecule has 2 aromatic carbocycles. The number of fused-ring (bicyclic) bond motifs is 3. The van der Waals surface area contributed by atoms with E-state index < -0.39 is 23.7 Å². The molecular weight excluding hydrogens is 413 g/mol. The maximum atomic E-state index is 13.1. The van der Waals surface area contributed by atoms with Crippen molar-refractivity contribution >= 4 is 22.5 Å². The fourth-order valence-electron chi connectivity index (χ4n) is 3.40. The summed E-state index contributed by atoms with van der Waals surface area (Å²) in [6, 6.07) is 10.6. The Morgan fingerprint density at radius 1 is 1.23 bits per heavy atom. The Morgan fingerprint density at radius 2 is 2.00 bits per heavy atom. The lowest BCUT2D eigenvalue weighted by Gasteiger charge is -2.19. The summed E-state index contributed by atoms with van der Waals surface area (Å²) in [6.45, 7) is -0.0499. The highest BCUT2D eigenvalue weighted by molar-refractivity contribution is 6.00. The number of rotatable bonds is 5. The lowest BCUT2D eigenvalue weighted by Crippen LogP contribution is -2.31. The molecule has 0 aliphatic carbocycles. The van der Waals surface area contributed by atoms with Gasteiger partial charge >= 0.3 is 6.18 Å². The summed E-state index contributed by atoms with van der Waals surface area (Å²) in [5.74, 6) is -0.611. The molecule has 0 saturated heterocycles. The van der Waals surface area contributed by atoms with E-state index in [0.717, 1.165) is 12.1 Å². The number of nitrogens with one attached hydrogen (secondary N) is 2. The molecule has 2 N–H and O–H groups in total. The van der Waals surface area contributed by atoms with Crippen LogP contribution in [-0.2, 0) is 10.9 Å². The normalized spacial score (nSPS) is 12.9. The van der Waals surface area contributed by atoms with Gasteiger partial charge in [-0.15, -0.1) is 0 Å². The lowest BCUT2D eigenvalue weighted by atomic mass is 10.0. The minimum absolute atomic E-state index is 0.0499. The lowest BCUT2D eigenvalue weighted by molar-refractivity contribution is -0.137. The zero-order valence-corrected chi connectivity index (χ0v) is 16.2. The van der Waals surface area contributed by atoms with Crippen LogP contribution in [0.25, 0.3) is 16.6 Å². The number of halogens is 3. The zero-order valence-electron chi connectivity index (χ0n) is 16.2. The molecule has 0 aliphatic heterocycles. The predicted octanol–water partition coefficient (Wildman–Crippen LogP) is 3.31. The summed E-state index contributed by atoms with van der Waals surface area (Å²) in [7, 11) is 1.38. The minimum atomic E-state index is -4.51. The number of nitrogens with zero attached hydrogens (tertiary/aromatic N) is 2. The number of methoxy groups -OCH3 is 1. The van der Waals surface area contributed by atoms with Crippen LogP contribution >= 0.6 is 0 Å². The molecule has 160 valence electrons. The molecule has 0 spiro atoms. The SMILES string of the molecule is COCC(NC(=O)c1cnn2c1[nH]c(=O)c1ccccc12)c1cccc(C(F)(F)F)c1. The predicted molar refractivity (Wildman–Crippen MR) is 107 cm³/mol. The fourth-order valence-corrected chi connectivity index (χ4v) is 3.40. The Kier molecular flexibility index (Phi) is 5.24. The van der Waals surface area contributed by atoms with Gasteiger partial charge in [0.05, 0.1) is 35.3 Å². The maximum Gasteiger partial charge on any atom is 0.416 e. The van der Waals surface area contributed by atoms with Gasteiger partial charge in [-0.3, -0.25) is 9.59 Å². The Bertz CT molecular complexity index is 1330. The van der Waals surface area contributed by atoms with Gasteiger partial charge in [0.25, 0.3) is 11.5 Å². The van der Waals surface area contributed by atoms with E-state index in [0.29, 0.717) is 10.9 Å². The van der Waals surface area contributed by atoms with Crippen molar-refractivity contribution in [3.05, 3.63) is 81.8 Å². The topological polar surface area (TPSA) is 88.5 Å². The summed E-state index contributed by atoms with van der Waals surface area (Å²) in [5, 5.41) is 7.26. The first-order valence-corrected chi connectivity index (χ1v) is 9.25. The number of aromatic nitrogens is 3. The number of H-pyrrole nitrogens is 1. The van der Waals surface area contributed by atoms with Gasteiger partial charge in [0.1, 0.15) is 11.2 Å². The summed E-state index contributed by atoms with van der Waals surface area (Å²) >= 11 is 0. The first kappa shape index (κ1) is 20.6. The summed E-state index contributed by atoms with van der Waals surface area (Å²) in [4.78, 5) is 28.0. The molecule has 10 heteroatoms. The van der Waals surface area contributed by atoms with E-state index in [2.05, 4.69) is 15.4 Å². The van der Waals surface area contributed by atoms with Crippen LogP contribution in [0.2, 0.25) is 0 Å². The van der Waals surface area contributed by atoms with Gasteiger partial charge in [0.2, 0.25) is 0 Å². The molecule has 0 bridgehead atoms. The Hall–Kier alpha value is -3.66. The van der Waals surface area contributed by atoms with Crippen LogP contribution in [0.4, 0.5) is 13.2 Å².